The first kappa shape index (κ1) is 25.0. The summed E-state index contributed by atoms with van der Waals surface area (Å²) in [6.45, 7) is 2.97. The Morgan fingerprint density at radius 3 is 1.77 bits per heavy atom. The number of aromatic nitrogens is 3. The van der Waals surface area contributed by atoms with Gasteiger partial charge in [0.15, 0.2) is 5.82 Å². The third-order valence-corrected chi connectivity index (χ3v) is 6.18. The summed E-state index contributed by atoms with van der Waals surface area (Å²) in [7, 11) is 1.60. The van der Waals surface area contributed by atoms with Gasteiger partial charge in [0.05, 0.1) is 12.2 Å². The highest BCUT2D eigenvalue weighted by Crippen LogP contribution is 2.27. The third-order valence-electron chi connectivity index (χ3n) is 6.18. The lowest BCUT2D eigenvalue weighted by Crippen LogP contribution is -2.68. The first-order chi connectivity index (χ1) is 14.4. The van der Waals surface area contributed by atoms with E-state index in [1.807, 2.05) is 0 Å². The molecule has 1 aliphatic rings. The van der Waals surface area contributed by atoms with Gasteiger partial charge in [-0.2, -0.15) is 0 Å². The van der Waals surface area contributed by atoms with E-state index in [0.29, 0.717) is 5.82 Å². The zero-order chi connectivity index (χ0) is 22.1. The van der Waals surface area contributed by atoms with Crippen molar-refractivity contribution in [3.63, 3.8) is 0 Å². The van der Waals surface area contributed by atoms with Crippen LogP contribution in [0.3, 0.4) is 0 Å². The molecule has 0 amide bonds. The summed E-state index contributed by atoms with van der Waals surface area (Å²) < 4.78 is 1.72. The second-order valence-corrected chi connectivity index (χ2v) is 8.58. The number of hydrogen-bond donors (Lipinski definition) is 5. The van der Waals surface area contributed by atoms with Gasteiger partial charge in [-0.1, -0.05) is 69.9 Å². The van der Waals surface area contributed by atoms with Crippen LogP contribution >= 0.6 is 0 Å². The van der Waals surface area contributed by atoms with Crippen molar-refractivity contribution in [3.8, 4) is 0 Å². The van der Waals surface area contributed by atoms with Gasteiger partial charge in [-0.15, -0.1) is 5.10 Å². The van der Waals surface area contributed by atoms with E-state index >= 15 is 0 Å². The van der Waals surface area contributed by atoms with Crippen molar-refractivity contribution in [2.24, 2.45) is 0 Å². The van der Waals surface area contributed by atoms with Crippen LogP contribution in [-0.2, 0) is 6.54 Å². The number of hydrogen-bond acceptors (Lipinski definition) is 8. The molecule has 1 heterocycles. The summed E-state index contributed by atoms with van der Waals surface area (Å²) in [5.74, 6) is 0.418. The lowest BCUT2D eigenvalue weighted by molar-refractivity contribution is -0.185. The Balaban J connectivity index is 1.73. The van der Waals surface area contributed by atoms with Crippen molar-refractivity contribution >= 4 is 5.82 Å². The minimum Gasteiger partial charge on any atom is -0.388 e. The summed E-state index contributed by atoms with van der Waals surface area (Å²) in [5, 5.41) is 58.3. The molecule has 1 fully saturated rings. The predicted octanol–water partition coefficient (Wildman–Crippen LogP) is 0.822. The van der Waals surface area contributed by atoms with Gasteiger partial charge in [0, 0.05) is 13.6 Å². The van der Waals surface area contributed by atoms with E-state index in [1.54, 1.807) is 17.9 Å². The molecule has 1 aromatic heterocycles. The Bertz CT molecular complexity index is 586. The maximum absolute atomic E-state index is 10.3. The lowest BCUT2D eigenvalue weighted by Gasteiger charge is -2.45. The molecular weight excluding hydrogens is 388 g/mol. The van der Waals surface area contributed by atoms with Crippen molar-refractivity contribution in [1.82, 2.24) is 15.0 Å². The first-order valence-corrected chi connectivity index (χ1v) is 11.4. The summed E-state index contributed by atoms with van der Waals surface area (Å²) in [4.78, 5) is 1.48. The molecule has 1 saturated carbocycles. The molecule has 0 bridgehead atoms. The number of nitrogens with zero attached hydrogens (tertiary/aromatic N) is 4. The van der Waals surface area contributed by atoms with E-state index < -0.39 is 36.6 Å². The highest BCUT2D eigenvalue weighted by atomic mass is 16.4. The van der Waals surface area contributed by atoms with Gasteiger partial charge < -0.3 is 30.4 Å². The monoisotopic (exact) mass is 428 g/mol. The Hall–Kier alpha value is -1.26. The zero-order valence-corrected chi connectivity index (χ0v) is 18.3. The molecule has 5 N–H and O–H groups in total. The number of likely N-dealkylation sites (N-methyl/N-ethyl adjacent to an activating group) is 1. The molecule has 4 unspecified atom stereocenters. The number of unbranched alkanes of at least 4 members (excludes halogenated alkanes) is 9. The summed E-state index contributed by atoms with van der Waals surface area (Å²) in [6, 6.07) is -1.01. The highest BCUT2D eigenvalue weighted by molar-refractivity contribution is 5.37. The van der Waals surface area contributed by atoms with Crippen LogP contribution in [0.4, 0.5) is 5.82 Å². The molecule has 9 nitrogen and oxygen atoms in total. The van der Waals surface area contributed by atoms with Crippen LogP contribution in [0.15, 0.2) is 6.20 Å². The molecule has 4 atom stereocenters. The maximum atomic E-state index is 10.3. The van der Waals surface area contributed by atoms with Crippen LogP contribution in [-0.4, -0.2) is 84.1 Å². The molecule has 0 spiro atoms. The second kappa shape index (κ2) is 12.6. The third kappa shape index (κ3) is 6.62. The smallest absolute Gasteiger partial charge is 0.171 e. The molecule has 0 saturated heterocycles. The van der Waals surface area contributed by atoms with Gasteiger partial charge >= 0.3 is 0 Å². The average Bonchev–Trinajstić information content (AvgIpc) is 3.21. The van der Waals surface area contributed by atoms with E-state index in [0.717, 1.165) is 19.4 Å². The predicted molar refractivity (Wildman–Crippen MR) is 114 cm³/mol. The number of anilines is 1. The molecule has 9 heteroatoms. The lowest BCUT2D eigenvalue weighted by atomic mass is 9.82. The second-order valence-electron chi connectivity index (χ2n) is 8.58. The number of aliphatic hydroxyl groups is 5. The molecular formula is C21H40N4O5. The van der Waals surface area contributed by atoms with Crippen LogP contribution in [0, 0.1) is 0 Å². The van der Waals surface area contributed by atoms with Crippen LogP contribution in [0.2, 0.25) is 0 Å². The molecule has 0 radical (unpaired) electrons. The Morgan fingerprint density at radius 1 is 0.767 bits per heavy atom. The van der Waals surface area contributed by atoms with Gasteiger partial charge in [0.1, 0.15) is 30.5 Å². The van der Waals surface area contributed by atoms with E-state index in [-0.39, 0.29) is 0 Å². The van der Waals surface area contributed by atoms with E-state index in [1.165, 1.54) is 56.3 Å². The summed E-state index contributed by atoms with van der Waals surface area (Å²) >= 11 is 0. The fourth-order valence-corrected chi connectivity index (χ4v) is 4.14. The summed E-state index contributed by atoms with van der Waals surface area (Å²) in [5.41, 5.74) is 0. The minimum atomic E-state index is -1.60. The Morgan fingerprint density at radius 2 is 1.23 bits per heavy atom. The maximum Gasteiger partial charge on any atom is 0.171 e. The standard InChI is InChI=1S/C21H40N4O5/c1-3-4-5-6-7-8-9-10-11-12-13-25-14-15(22-23-25)24(2)16-17(26)19(28)21(30)20(29)18(16)27/h14,16-21,26-30H,3-13H2,1-2H3. The van der Waals surface area contributed by atoms with Crippen molar-refractivity contribution in [3.05, 3.63) is 6.20 Å². The van der Waals surface area contributed by atoms with E-state index in [4.69, 9.17) is 0 Å². The fourth-order valence-electron chi connectivity index (χ4n) is 4.14. The zero-order valence-electron chi connectivity index (χ0n) is 18.3. The summed E-state index contributed by atoms with van der Waals surface area (Å²) in [6.07, 6.45) is 6.72. The number of rotatable bonds is 13. The molecule has 2 rings (SSSR count). The minimum absolute atomic E-state index is 0.418. The Kier molecular flexibility index (Phi) is 10.5. The van der Waals surface area contributed by atoms with Crippen molar-refractivity contribution in [2.75, 3.05) is 11.9 Å². The van der Waals surface area contributed by atoms with Crippen LogP contribution in [0.5, 0.6) is 0 Å². The van der Waals surface area contributed by atoms with Crippen molar-refractivity contribution in [2.45, 2.75) is 114 Å². The largest absolute Gasteiger partial charge is 0.388 e. The van der Waals surface area contributed by atoms with Crippen molar-refractivity contribution in [1.29, 1.82) is 0 Å². The van der Waals surface area contributed by atoms with Crippen LogP contribution in [0.1, 0.15) is 71.1 Å². The highest BCUT2D eigenvalue weighted by Gasteiger charge is 2.50. The number of aryl methyl sites for hydroxylation is 1. The molecule has 0 aromatic carbocycles. The van der Waals surface area contributed by atoms with Gasteiger partial charge in [-0.3, -0.25) is 4.68 Å². The molecule has 30 heavy (non-hydrogen) atoms. The van der Waals surface area contributed by atoms with Gasteiger partial charge in [-0.25, -0.2) is 0 Å². The first-order valence-electron chi connectivity index (χ1n) is 11.4. The topological polar surface area (TPSA) is 135 Å². The van der Waals surface area contributed by atoms with Crippen LogP contribution < -0.4 is 4.90 Å². The van der Waals surface area contributed by atoms with E-state index in [9.17, 15) is 25.5 Å². The quantitative estimate of drug-likeness (QED) is 0.292. The molecule has 0 aliphatic heterocycles. The molecule has 1 aromatic rings. The van der Waals surface area contributed by atoms with E-state index in [2.05, 4.69) is 17.2 Å². The van der Waals surface area contributed by atoms with Gasteiger partial charge in [0.2, 0.25) is 0 Å². The van der Waals surface area contributed by atoms with Gasteiger partial charge in [0.25, 0.3) is 0 Å². The number of aliphatic hydroxyl groups excluding tert-OH is 5. The average molecular weight is 429 g/mol. The SMILES string of the molecule is CCCCCCCCCCCCn1cc(N(C)C2C(O)C(O)C(O)C(O)C2O)nn1. The normalized spacial score (nSPS) is 29.3. The van der Waals surface area contributed by atoms with Crippen LogP contribution in [0.25, 0.3) is 0 Å². The van der Waals surface area contributed by atoms with Crippen molar-refractivity contribution < 1.29 is 25.5 Å². The Labute approximate surface area is 179 Å². The fraction of sp³-hybridized carbons (Fsp3) is 0.905. The van der Waals surface area contributed by atoms with Gasteiger partial charge in [-0.05, 0) is 6.42 Å². The molecule has 1 aliphatic carbocycles. The molecule has 174 valence electrons.